The Morgan fingerprint density at radius 1 is 1.10 bits per heavy atom. The molecule has 6 heteroatoms. The van der Waals surface area contributed by atoms with Crippen LogP contribution >= 0.6 is 0 Å². The molecule has 2 aromatic carbocycles. The van der Waals surface area contributed by atoms with Crippen molar-refractivity contribution in [3.63, 3.8) is 0 Å². The highest BCUT2D eigenvalue weighted by Gasteiger charge is 2.07. The van der Waals surface area contributed by atoms with Gasteiger partial charge in [-0.3, -0.25) is 4.79 Å². The van der Waals surface area contributed by atoms with Crippen LogP contribution in [0.15, 0.2) is 42.5 Å². The van der Waals surface area contributed by atoms with Crippen molar-refractivity contribution in [2.24, 2.45) is 0 Å². The molecule has 2 rings (SSSR count). The van der Waals surface area contributed by atoms with Crippen LogP contribution in [0.1, 0.15) is 0 Å². The molecule has 0 saturated heterocycles. The van der Waals surface area contributed by atoms with Crippen LogP contribution in [0.4, 0.5) is 14.5 Å². The highest BCUT2D eigenvalue weighted by atomic mass is 19.2. The van der Waals surface area contributed by atoms with Crippen LogP contribution in [0.2, 0.25) is 0 Å². The summed E-state index contributed by atoms with van der Waals surface area (Å²) in [5.74, 6) is -1.74. The molecule has 0 heterocycles. The number of halogens is 2. The molecule has 1 amide bonds. The summed E-state index contributed by atoms with van der Waals surface area (Å²) in [5, 5.41) is 2.60. The Hall–Kier alpha value is -2.63. The lowest BCUT2D eigenvalue weighted by Gasteiger charge is -2.08. The average Bonchev–Trinajstić information content (AvgIpc) is 2.48. The predicted octanol–water partition coefficient (Wildman–Crippen LogP) is 2.99. The van der Waals surface area contributed by atoms with Crippen molar-refractivity contribution in [3.05, 3.63) is 54.1 Å². The van der Waals surface area contributed by atoms with Gasteiger partial charge in [0.15, 0.2) is 18.2 Å². The number of hydrogen-bond acceptors (Lipinski definition) is 3. The van der Waals surface area contributed by atoms with Crippen LogP contribution in [-0.2, 0) is 4.79 Å². The van der Waals surface area contributed by atoms with E-state index < -0.39 is 17.5 Å². The summed E-state index contributed by atoms with van der Waals surface area (Å²) in [5.41, 5.74) is 0.549. The molecule has 21 heavy (non-hydrogen) atoms. The molecular formula is C15H13F2NO3. The Kier molecular flexibility index (Phi) is 4.71. The fourth-order valence-electron chi connectivity index (χ4n) is 1.61. The molecule has 0 aliphatic heterocycles. The quantitative estimate of drug-likeness (QED) is 0.922. The number of carbonyl (C=O) groups is 1. The molecule has 4 nitrogen and oxygen atoms in total. The summed E-state index contributed by atoms with van der Waals surface area (Å²) in [6, 6.07) is 9.88. The summed E-state index contributed by atoms with van der Waals surface area (Å²) >= 11 is 0. The van der Waals surface area contributed by atoms with E-state index in [-0.39, 0.29) is 12.4 Å². The first-order valence-electron chi connectivity index (χ1n) is 6.10. The highest BCUT2D eigenvalue weighted by Crippen LogP contribution is 2.17. The van der Waals surface area contributed by atoms with Gasteiger partial charge >= 0.3 is 0 Å². The van der Waals surface area contributed by atoms with E-state index >= 15 is 0 Å². The molecule has 0 aliphatic rings. The molecule has 0 aromatic heterocycles. The van der Waals surface area contributed by atoms with Crippen LogP contribution in [0.3, 0.4) is 0 Å². The van der Waals surface area contributed by atoms with Gasteiger partial charge in [0.1, 0.15) is 11.5 Å². The standard InChI is InChI=1S/C15H13F2NO3/c1-20-11-4-2-3-10(7-11)18-15(19)9-21-12-5-6-13(16)14(17)8-12/h2-8H,9H2,1H3,(H,18,19). The van der Waals surface area contributed by atoms with Gasteiger partial charge in [-0.2, -0.15) is 0 Å². The molecule has 0 atom stereocenters. The lowest BCUT2D eigenvalue weighted by atomic mass is 10.3. The van der Waals surface area contributed by atoms with Crippen LogP contribution in [0.5, 0.6) is 11.5 Å². The number of carbonyl (C=O) groups excluding carboxylic acids is 1. The zero-order chi connectivity index (χ0) is 15.2. The topological polar surface area (TPSA) is 47.6 Å². The molecule has 0 aliphatic carbocycles. The first-order valence-corrected chi connectivity index (χ1v) is 6.10. The fourth-order valence-corrected chi connectivity index (χ4v) is 1.61. The maximum atomic E-state index is 13.0. The number of methoxy groups -OCH3 is 1. The number of ether oxygens (including phenoxy) is 2. The second-order valence-electron chi connectivity index (χ2n) is 4.14. The van der Waals surface area contributed by atoms with E-state index in [9.17, 15) is 13.6 Å². The molecule has 0 saturated carbocycles. The number of anilines is 1. The van der Waals surface area contributed by atoms with Gasteiger partial charge in [-0.1, -0.05) is 6.07 Å². The van der Waals surface area contributed by atoms with Crippen molar-refractivity contribution in [2.75, 3.05) is 19.0 Å². The van der Waals surface area contributed by atoms with Gasteiger partial charge in [-0.05, 0) is 24.3 Å². The minimum atomic E-state index is -1.03. The van der Waals surface area contributed by atoms with Crippen molar-refractivity contribution < 1.29 is 23.0 Å². The summed E-state index contributed by atoms with van der Waals surface area (Å²) < 4.78 is 35.8. The number of nitrogens with one attached hydrogen (secondary N) is 1. The third kappa shape index (κ3) is 4.17. The largest absolute Gasteiger partial charge is 0.497 e. The predicted molar refractivity (Wildman–Crippen MR) is 73.5 cm³/mol. The van der Waals surface area contributed by atoms with Gasteiger partial charge in [0, 0.05) is 17.8 Å². The summed E-state index contributed by atoms with van der Waals surface area (Å²) in [6.07, 6.45) is 0. The van der Waals surface area contributed by atoms with Crippen molar-refractivity contribution in [1.82, 2.24) is 0 Å². The summed E-state index contributed by atoms with van der Waals surface area (Å²) in [6.45, 7) is -0.317. The molecule has 0 unspecified atom stereocenters. The maximum Gasteiger partial charge on any atom is 0.262 e. The van der Waals surface area contributed by atoms with Crippen LogP contribution < -0.4 is 14.8 Å². The monoisotopic (exact) mass is 293 g/mol. The summed E-state index contributed by atoms with van der Waals surface area (Å²) in [7, 11) is 1.52. The number of amides is 1. The van der Waals surface area contributed by atoms with E-state index in [1.807, 2.05) is 0 Å². The fraction of sp³-hybridized carbons (Fsp3) is 0.133. The number of rotatable bonds is 5. The molecular weight excluding hydrogens is 280 g/mol. The minimum absolute atomic E-state index is 0.0784. The van der Waals surface area contributed by atoms with Crippen LogP contribution in [0, 0.1) is 11.6 Å². The van der Waals surface area contributed by atoms with Crippen LogP contribution in [-0.4, -0.2) is 19.6 Å². The molecule has 2 aromatic rings. The van der Waals surface area contributed by atoms with E-state index in [0.717, 1.165) is 12.1 Å². The van der Waals surface area contributed by atoms with Gasteiger partial charge in [0.05, 0.1) is 7.11 Å². The van der Waals surface area contributed by atoms with Gasteiger partial charge in [0.2, 0.25) is 0 Å². The molecule has 0 bridgehead atoms. The Labute approximate surface area is 120 Å². The zero-order valence-electron chi connectivity index (χ0n) is 11.2. The second kappa shape index (κ2) is 6.69. The first kappa shape index (κ1) is 14.8. The molecule has 110 valence electrons. The smallest absolute Gasteiger partial charge is 0.262 e. The molecule has 1 N–H and O–H groups in total. The molecule has 0 spiro atoms. The lowest BCUT2D eigenvalue weighted by Crippen LogP contribution is -2.20. The van der Waals surface area contributed by atoms with Crippen molar-refractivity contribution >= 4 is 11.6 Å². The van der Waals surface area contributed by atoms with Crippen molar-refractivity contribution in [2.45, 2.75) is 0 Å². The van der Waals surface area contributed by atoms with E-state index in [1.54, 1.807) is 24.3 Å². The summed E-state index contributed by atoms with van der Waals surface area (Å²) in [4.78, 5) is 11.7. The minimum Gasteiger partial charge on any atom is -0.497 e. The Morgan fingerprint density at radius 2 is 1.90 bits per heavy atom. The van der Waals surface area contributed by atoms with Gasteiger partial charge < -0.3 is 14.8 Å². The van der Waals surface area contributed by atoms with E-state index in [4.69, 9.17) is 9.47 Å². The van der Waals surface area contributed by atoms with Gasteiger partial charge in [0.25, 0.3) is 5.91 Å². The van der Waals surface area contributed by atoms with Crippen molar-refractivity contribution in [3.8, 4) is 11.5 Å². The van der Waals surface area contributed by atoms with Gasteiger partial charge in [-0.25, -0.2) is 8.78 Å². The maximum absolute atomic E-state index is 13.0. The number of hydrogen-bond donors (Lipinski definition) is 1. The van der Waals surface area contributed by atoms with E-state index in [0.29, 0.717) is 11.4 Å². The van der Waals surface area contributed by atoms with Crippen LogP contribution in [0.25, 0.3) is 0 Å². The average molecular weight is 293 g/mol. The molecule has 0 radical (unpaired) electrons. The Morgan fingerprint density at radius 3 is 2.62 bits per heavy atom. The third-order valence-corrected chi connectivity index (χ3v) is 2.61. The highest BCUT2D eigenvalue weighted by molar-refractivity contribution is 5.92. The van der Waals surface area contributed by atoms with Crippen molar-refractivity contribution in [1.29, 1.82) is 0 Å². The normalized spacial score (nSPS) is 10.0. The van der Waals surface area contributed by atoms with Gasteiger partial charge in [-0.15, -0.1) is 0 Å². The Bertz CT molecular complexity index is 647. The second-order valence-corrected chi connectivity index (χ2v) is 4.14. The van der Waals surface area contributed by atoms with E-state index in [2.05, 4.69) is 5.32 Å². The zero-order valence-corrected chi connectivity index (χ0v) is 11.2. The SMILES string of the molecule is COc1cccc(NC(=O)COc2ccc(F)c(F)c2)c1. The molecule has 0 fully saturated rings. The third-order valence-electron chi connectivity index (χ3n) is 2.61. The first-order chi connectivity index (χ1) is 10.1. The van der Waals surface area contributed by atoms with E-state index in [1.165, 1.54) is 13.2 Å². The Balaban J connectivity index is 1.90. The lowest BCUT2D eigenvalue weighted by molar-refractivity contribution is -0.118. The number of benzene rings is 2.